The Kier molecular flexibility index (Phi) is 6.36. The zero-order valence-corrected chi connectivity index (χ0v) is 25.0. The molecule has 0 unspecified atom stereocenters. The Morgan fingerprint density at radius 3 is 0.829 bits per heavy atom. The summed E-state index contributed by atoms with van der Waals surface area (Å²) in [5.74, 6) is 3.20. The zero-order chi connectivity index (χ0) is 26.2. The first-order valence-corrected chi connectivity index (χ1v) is 15.4. The molecule has 0 aromatic carbocycles. The van der Waals surface area contributed by atoms with Crippen LogP contribution in [-0.4, -0.2) is 53.0 Å². The third kappa shape index (κ3) is 4.13. The summed E-state index contributed by atoms with van der Waals surface area (Å²) < 4.78 is 0. The second-order valence-electron chi connectivity index (χ2n) is 12.1. The molecule has 202 valence electrons. The maximum Gasteiger partial charge on any atom is 2.00 e. The molecular formula is C32H32MgN8. The number of hydrogen-bond donors (Lipinski definition) is 0. The molecule has 6 aliphatic rings. The Balaban J connectivity index is 0.00000256. The normalized spacial score (nSPS) is 19.7. The molecule has 2 aliphatic heterocycles. The predicted molar refractivity (Wildman–Crippen MR) is 160 cm³/mol. The number of nitrogens with zero attached hydrogens (tertiary/aromatic N) is 8. The summed E-state index contributed by atoms with van der Waals surface area (Å²) >= 11 is 0. The van der Waals surface area contributed by atoms with Crippen LogP contribution in [0.2, 0.25) is 0 Å². The van der Waals surface area contributed by atoms with Gasteiger partial charge < -0.3 is 29.9 Å². The van der Waals surface area contributed by atoms with E-state index in [1.165, 1.54) is 44.5 Å². The second-order valence-corrected chi connectivity index (χ2v) is 12.1. The van der Waals surface area contributed by atoms with Gasteiger partial charge in [0.1, 0.15) is 0 Å². The zero-order valence-electron chi connectivity index (χ0n) is 23.6. The Bertz CT molecular complexity index is 1570. The van der Waals surface area contributed by atoms with Crippen LogP contribution in [0.3, 0.4) is 0 Å². The van der Waals surface area contributed by atoms with Crippen molar-refractivity contribution in [3.63, 3.8) is 0 Å². The summed E-state index contributed by atoms with van der Waals surface area (Å²) in [4.78, 5) is 41.0. The van der Waals surface area contributed by atoms with Crippen LogP contribution in [-0.2, 0) is 25.7 Å². The molecule has 9 heteroatoms. The summed E-state index contributed by atoms with van der Waals surface area (Å²) in [5.41, 5.74) is 13.2. The number of fused-ring (bicyclic) bond motifs is 18. The fourth-order valence-electron chi connectivity index (χ4n) is 7.68. The average molecular weight is 553 g/mol. The van der Waals surface area contributed by atoms with Gasteiger partial charge in [0.25, 0.3) is 0 Å². The van der Waals surface area contributed by atoms with Crippen LogP contribution in [0.25, 0.3) is 44.9 Å². The molecule has 0 N–H and O–H groups in total. The van der Waals surface area contributed by atoms with E-state index < -0.39 is 0 Å². The smallest absolute Gasteiger partial charge is 0.358 e. The molecule has 0 radical (unpaired) electrons. The minimum absolute atomic E-state index is 0. The Morgan fingerprint density at radius 1 is 0.317 bits per heavy atom. The molecule has 3 aromatic rings. The Morgan fingerprint density at radius 2 is 0.561 bits per heavy atom. The van der Waals surface area contributed by atoms with Crippen LogP contribution in [0.1, 0.15) is 123 Å². The molecule has 8 nitrogen and oxygen atoms in total. The van der Waals surface area contributed by atoms with E-state index in [1.807, 2.05) is 0 Å². The predicted octanol–water partition coefficient (Wildman–Crippen LogP) is 5.50. The maximum absolute atomic E-state index is 5.17. The quantitative estimate of drug-likeness (QED) is 0.337. The second kappa shape index (κ2) is 10.1. The molecule has 41 heavy (non-hydrogen) atoms. The van der Waals surface area contributed by atoms with Crippen LogP contribution in [0.15, 0.2) is 0 Å². The Labute approximate surface area is 255 Å². The van der Waals surface area contributed by atoms with Crippen molar-refractivity contribution in [1.82, 2.24) is 39.9 Å². The van der Waals surface area contributed by atoms with Crippen molar-refractivity contribution in [2.75, 3.05) is 0 Å². The van der Waals surface area contributed by atoms with Gasteiger partial charge in [0, 0.05) is 22.6 Å². The van der Waals surface area contributed by atoms with Gasteiger partial charge in [0.2, 0.25) is 0 Å². The molecule has 3 aromatic heterocycles. The van der Waals surface area contributed by atoms with Gasteiger partial charge in [0.05, 0.1) is 23.3 Å². The van der Waals surface area contributed by atoms with Crippen LogP contribution in [0, 0.1) is 0 Å². The summed E-state index contributed by atoms with van der Waals surface area (Å²) in [6, 6.07) is 0. The minimum atomic E-state index is 0. The number of hydrogen-bond acceptors (Lipinski definition) is 6. The fourth-order valence-corrected chi connectivity index (χ4v) is 7.68. The molecule has 0 fully saturated rings. The molecule has 0 saturated carbocycles. The minimum Gasteiger partial charge on any atom is -0.358 e. The van der Waals surface area contributed by atoms with E-state index in [-0.39, 0.29) is 23.1 Å². The molecule has 0 atom stereocenters. The van der Waals surface area contributed by atoms with E-state index >= 15 is 0 Å². The van der Waals surface area contributed by atoms with Crippen LogP contribution >= 0.6 is 0 Å². The van der Waals surface area contributed by atoms with E-state index in [1.54, 1.807) is 0 Å². The summed E-state index contributed by atoms with van der Waals surface area (Å²) in [7, 11) is 0. The van der Waals surface area contributed by atoms with Crippen molar-refractivity contribution in [3.05, 3.63) is 45.6 Å². The first kappa shape index (κ1) is 25.8. The number of allylic oxidation sites excluding steroid dienone is 4. The van der Waals surface area contributed by atoms with E-state index in [0.717, 1.165) is 149 Å². The van der Waals surface area contributed by atoms with Crippen molar-refractivity contribution in [2.45, 2.75) is 103 Å². The molecule has 5 heterocycles. The van der Waals surface area contributed by atoms with Gasteiger partial charge in [-0.1, -0.05) is 0 Å². The van der Waals surface area contributed by atoms with Crippen LogP contribution in [0.4, 0.5) is 0 Å². The van der Waals surface area contributed by atoms with Crippen LogP contribution < -0.4 is 9.97 Å². The topological polar surface area (TPSA) is 106 Å². The monoisotopic (exact) mass is 552 g/mol. The Hall–Kier alpha value is -2.91. The molecule has 8 bridgehead atoms. The van der Waals surface area contributed by atoms with Crippen molar-refractivity contribution in [2.24, 2.45) is 0 Å². The third-order valence-corrected chi connectivity index (χ3v) is 9.73. The van der Waals surface area contributed by atoms with Crippen molar-refractivity contribution < 1.29 is 0 Å². The molecule has 0 saturated heterocycles. The average Bonchev–Trinajstić information content (AvgIpc) is 3.73. The molecule has 0 amide bonds. The van der Waals surface area contributed by atoms with Crippen molar-refractivity contribution >= 4 is 67.9 Å². The first-order chi connectivity index (χ1) is 19.8. The SMILES string of the molecule is C1CCC2=C(C1)c1nc2nc2[n-]c(nc3nc(nc4[n-]c(n1)c1c4CCCC1)C1=C3CCCC1)c1c2CCCC1.[Mg+2]. The van der Waals surface area contributed by atoms with Gasteiger partial charge in [-0.2, -0.15) is 0 Å². The first-order valence-electron chi connectivity index (χ1n) is 15.4. The van der Waals surface area contributed by atoms with Crippen LogP contribution in [0.5, 0.6) is 0 Å². The molecule has 9 rings (SSSR count). The molecule has 0 spiro atoms. The fraction of sp³-hybridized carbons (Fsp3) is 0.500. The largest absolute Gasteiger partial charge is 2.00 e. The van der Waals surface area contributed by atoms with Gasteiger partial charge >= 0.3 is 23.1 Å². The standard InChI is InChI=1S/C32H32N8.Mg/c1-2-10-18-17(9-1)25-33-26(18)38-28-21-13-5-6-14-22(21)30(35-28)40-32-24-16-8-7-15-23(24)31(36-32)39-29-20-12-4-3-11-19(20)27(34-29)37-25;/h1-16H2;/q-2;+2. The third-order valence-electron chi connectivity index (χ3n) is 9.73. The van der Waals surface area contributed by atoms with E-state index in [0.29, 0.717) is 0 Å². The van der Waals surface area contributed by atoms with E-state index in [2.05, 4.69) is 0 Å². The number of rotatable bonds is 0. The molecule has 4 aliphatic carbocycles. The van der Waals surface area contributed by atoms with Crippen molar-refractivity contribution in [1.29, 1.82) is 0 Å². The number of aromatic nitrogens is 8. The van der Waals surface area contributed by atoms with Gasteiger partial charge in [-0.25, -0.2) is 9.97 Å². The van der Waals surface area contributed by atoms with Crippen molar-refractivity contribution in [3.8, 4) is 0 Å². The molecular weight excluding hydrogens is 521 g/mol. The van der Waals surface area contributed by atoms with Gasteiger partial charge in [0.15, 0.2) is 0 Å². The maximum atomic E-state index is 5.17. The van der Waals surface area contributed by atoms with Gasteiger partial charge in [-0.3, -0.25) is 0 Å². The van der Waals surface area contributed by atoms with Gasteiger partial charge in [-0.15, -0.1) is 0 Å². The van der Waals surface area contributed by atoms with Gasteiger partial charge in [-0.05, 0) is 147 Å². The van der Waals surface area contributed by atoms with E-state index in [4.69, 9.17) is 39.9 Å². The number of aryl methyl sites for hydroxylation is 4. The summed E-state index contributed by atoms with van der Waals surface area (Å²) in [6.45, 7) is 0. The van der Waals surface area contributed by atoms with E-state index in [9.17, 15) is 0 Å². The summed E-state index contributed by atoms with van der Waals surface area (Å²) in [5, 5.41) is 0. The summed E-state index contributed by atoms with van der Waals surface area (Å²) in [6.07, 6.45) is 17.3.